The Morgan fingerprint density at radius 2 is 2.18 bits per heavy atom. The molecule has 6 nitrogen and oxygen atoms in total. The molecule has 1 N–H and O–H groups in total. The highest BCUT2D eigenvalue weighted by molar-refractivity contribution is 5.78. The fraction of sp³-hybridized carbons (Fsp3) is 0.688. The van der Waals surface area contributed by atoms with Crippen LogP contribution in [0, 0.1) is 13.8 Å². The minimum absolute atomic E-state index is 0.000307. The molecular weight excluding hydrogens is 280 g/mol. The largest absolute Gasteiger partial charge is 0.343 e. The molecule has 0 unspecified atom stereocenters. The van der Waals surface area contributed by atoms with Crippen LogP contribution in [0.15, 0.2) is 0 Å². The maximum Gasteiger partial charge on any atom is 0.222 e. The average molecular weight is 306 g/mol. The molecular formula is C16H26N4O2. The summed E-state index contributed by atoms with van der Waals surface area (Å²) in [7, 11) is 1.83. The van der Waals surface area contributed by atoms with Crippen LogP contribution in [0.3, 0.4) is 0 Å². The van der Waals surface area contributed by atoms with Gasteiger partial charge >= 0.3 is 0 Å². The van der Waals surface area contributed by atoms with Gasteiger partial charge in [0, 0.05) is 44.2 Å². The highest BCUT2D eigenvalue weighted by atomic mass is 16.2. The fourth-order valence-electron chi connectivity index (χ4n) is 3.12. The number of carbonyl (C=O) groups is 2. The molecule has 1 fully saturated rings. The Morgan fingerprint density at radius 3 is 2.73 bits per heavy atom. The summed E-state index contributed by atoms with van der Waals surface area (Å²) in [5.41, 5.74) is 3.03. The van der Waals surface area contributed by atoms with Gasteiger partial charge in [-0.15, -0.1) is 0 Å². The van der Waals surface area contributed by atoms with Gasteiger partial charge in [0.2, 0.25) is 11.8 Å². The third-order valence-corrected chi connectivity index (χ3v) is 4.57. The van der Waals surface area contributed by atoms with Gasteiger partial charge in [-0.05, 0) is 33.6 Å². The van der Waals surface area contributed by atoms with E-state index in [1.807, 2.05) is 32.7 Å². The van der Waals surface area contributed by atoms with Crippen molar-refractivity contribution in [2.45, 2.75) is 52.5 Å². The molecule has 0 bridgehead atoms. The van der Waals surface area contributed by atoms with E-state index in [4.69, 9.17) is 0 Å². The van der Waals surface area contributed by atoms with Crippen molar-refractivity contribution >= 4 is 11.8 Å². The van der Waals surface area contributed by atoms with Crippen molar-refractivity contribution in [3.63, 3.8) is 0 Å². The minimum atomic E-state index is -0.000307. The van der Waals surface area contributed by atoms with E-state index in [-0.39, 0.29) is 17.9 Å². The summed E-state index contributed by atoms with van der Waals surface area (Å²) in [4.78, 5) is 27.5. The zero-order valence-corrected chi connectivity index (χ0v) is 14.0. The minimum Gasteiger partial charge on any atom is -0.343 e. The molecule has 2 rings (SSSR count). The number of aryl methyl sites for hydroxylation is 2. The van der Waals surface area contributed by atoms with Gasteiger partial charge in [0.05, 0.1) is 11.7 Å². The van der Waals surface area contributed by atoms with E-state index in [2.05, 4.69) is 10.2 Å². The number of aromatic nitrogens is 2. The molecule has 0 saturated carbocycles. The predicted octanol–water partition coefficient (Wildman–Crippen LogP) is 1.95. The van der Waals surface area contributed by atoms with Crippen molar-refractivity contribution in [1.82, 2.24) is 20.0 Å². The smallest absolute Gasteiger partial charge is 0.222 e. The Balaban J connectivity index is 1.85. The van der Waals surface area contributed by atoms with Gasteiger partial charge in [0.1, 0.15) is 0 Å². The standard InChI is InChI=1S/C16H26N4O2/c1-11-16(12(2)18-17-11)13(3)19(4)14(21)7-5-9-20-10-6-8-15(20)22/h13H,5-10H2,1-4H3,(H,17,18)/t13-/m0/s1. The first-order valence-corrected chi connectivity index (χ1v) is 7.96. The van der Waals surface area contributed by atoms with Gasteiger partial charge in [-0.3, -0.25) is 14.7 Å². The molecule has 122 valence electrons. The lowest BCUT2D eigenvalue weighted by atomic mass is 10.0. The zero-order chi connectivity index (χ0) is 16.3. The molecule has 2 amide bonds. The van der Waals surface area contributed by atoms with Crippen molar-refractivity contribution in [2.75, 3.05) is 20.1 Å². The van der Waals surface area contributed by atoms with Gasteiger partial charge in [0.15, 0.2) is 0 Å². The van der Waals surface area contributed by atoms with Crippen LogP contribution in [0.4, 0.5) is 0 Å². The monoisotopic (exact) mass is 306 g/mol. The topological polar surface area (TPSA) is 69.3 Å². The van der Waals surface area contributed by atoms with Gasteiger partial charge in [-0.25, -0.2) is 0 Å². The molecule has 0 aromatic carbocycles. The van der Waals surface area contributed by atoms with Crippen LogP contribution < -0.4 is 0 Å². The van der Waals surface area contributed by atoms with E-state index >= 15 is 0 Å². The van der Waals surface area contributed by atoms with E-state index in [0.717, 1.165) is 36.3 Å². The molecule has 1 aliphatic heterocycles. The third-order valence-electron chi connectivity index (χ3n) is 4.57. The molecule has 1 aromatic rings. The van der Waals surface area contributed by atoms with Crippen LogP contribution in [-0.4, -0.2) is 51.9 Å². The van der Waals surface area contributed by atoms with E-state index in [9.17, 15) is 9.59 Å². The van der Waals surface area contributed by atoms with E-state index in [1.165, 1.54) is 0 Å². The average Bonchev–Trinajstić information content (AvgIpc) is 3.03. The molecule has 0 radical (unpaired) electrons. The number of aromatic amines is 1. The SMILES string of the molecule is Cc1n[nH]c(C)c1[C@H](C)N(C)C(=O)CCCN1CCCC1=O. The molecule has 1 atom stereocenters. The lowest BCUT2D eigenvalue weighted by Gasteiger charge is -2.26. The number of H-pyrrole nitrogens is 1. The summed E-state index contributed by atoms with van der Waals surface area (Å²) in [6, 6.07) is -0.000307. The lowest BCUT2D eigenvalue weighted by molar-refractivity contribution is -0.133. The van der Waals surface area contributed by atoms with Crippen molar-refractivity contribution in [2.24, 2.45) is 0 Å². The molecule has 1 saturated heterocycles. The van der Waals surface area contributed by atoms with Gasteiger partial charge in [-0.1, -0.05) is 0 Å². The Kier molecular flexibility index (Phi) is 5.21. The van der Waals surface area contributed by atoms with Crippen LogP contribution in [0.5, 0.6) is 0 Å². The summed E-state index contributed by atoms with van der Waals surface area (Å²) < 4.78 is 0. The quantitative estimate of drug-likeness (QED) is 0.873. The van der Waals surface area contributed by atoms with Crippen molar-refractivity contribution in [1.29, 1.82) is 0 Å². The van der Waals surface area contributed by atoms with E-state index in [1.54, 1.807) is 4.90 Å². The van der Waals surface area contributed by atoms with Crippen LogP contribution in [0.25, 0.3) is 0 Å². The highest BCUT2D eigenvalue weighted by Crippen LogP contribution is 2.24. The van der Waals surface area contributed by atoms with Crippen LogP contribution in [-0.2, 0) is 9.59 Å². The summed E-state index contributed by atoms with van der Waals surface area (Å²) >= 11 is 0. The van der Waals surface area contributed by atoms with Gasteiger partial charge in [0.25, 0.3) is 0 Å². The number of hydrogen-bond acceptors (Lipinski definition) is 3. The summed E-state index contributed by atoms with van der Waals surface area (Å²) in [6.45, 7) is 7.48. The second-order valence-electron chi connectivity index (χ2n) is 6.12. The molecule has 6 heteroatoms. The molecule has 1 aliphatic rings. The molecule has 2 heterocycles. The first-order chi connectivity index (χ1) is 10.4. The maximum atomic E-state index is 12.3. The lowest BCUT2D eigenvalue weighted by Crippen LogP contribution is -2.31. The van der Waals surface area contributed by atoms with Crippen molar-refractivity contribution < 1.29 is 9.59 Å². The van der Waals surface area contributed by atoms with Gasteiger partial charge in [-0.2, -0.15) is 5.10 Å². The maximum absolute atomic E-state index is 12.3. The fourth-order valence-corrected chi connectivity index (χ4v) is 3.12. The number of carbonyl (C=O) groups excluding carboxylic acids is 2. The predicted molar refractivity (Wildman–Crippen MR) is 84.3 cm³/mol. The third kappa shape index (κ3) is 3.48. The first-order valence-electron chi connectivity index (χ1n) is 7.96. The zero-order valence-electron chi connectivity index (χ0n) is 14.0. The normalized spacial score (nSPS) is 16.2. The van der Waals surface area contributed by atoms with Crippen molar-refractivity contribution in [3.05, 3.63) is 17.0 Å². The van der Waals surface area contributed by atoms with Crippen molar-refractivity contribution in [3.8, 4) is 0 Å². The molecule has 0 spiro atoms. The highest BCUT2D eigenvalue weighted by Gasteiger charge is 2.23. The molecule has 22 heavy (non-hydrogen) atoms. The number of hydrogen-bond donors (Lipinski definition) is 1. The second-order valence-corrected chi connectivity index (χ2v) is 6.12. The molecule has 0 aliphatic carbocycles. The van der Waals surface area contributed by atoms with Crippen LogP contribution in [0.1, 0.15) is 55.6 Å². The number of rotatable bonds is 6. The Morgan fingerprint density at radius 1 is 1.45 bits per heavy atom. The number of amides is 2. The number of nitrogens with one attached hydrogen (secondary N) is 1. The van der Waals surface area contributed by atoms with E-state index < -0.39 is 0 Å². The summed E-state index contributed by atoms with van der Waals surface area (Å²) in [6.07, 6.45) is 2.80. The first kappa shape index (κ1) is 16.5. The van der Waals surface area contributed by atoms with Crippen LogP contribution in [0.2, 0.25) is 0 Å². The Hall–Kier alpha value is -1.85. The van der Waals surface area contributed by atoms with E-state index in [0.29, 0.717) is 19.4 Å². The Labute approximate surface area is 131 Å². The summed E-state index contributed by atoms with van der Waals surface area (Å²) in [5.74, 6) is 0.331. The molecule has 1 aromatic heterocycles. The number of nitrogens with zero attached hydrogens (tertiary/aromatic N) is 3. The summed E-state index contributed by atoms with van der Waals surface area (Å²) in [5, 5.41) is 7.16. The Bertz CT molecular complexity index is 533. The van der Waals surface area contributed by atoms with Crippen LogP contribution >= 0.6 is 0 Å². The van der Waals surface area contributed by atoms with Gasteiger partial charge < -0.3 is 9.80 Å². The number of likely N-dealkylation sites (tertiary alicyclic amines) is 1. The second kappa shape index (κ2) is 6.94.